The van der Waals surface area contributed by atoms with E-state index in [9.17, 15) is 0 Å². The van der Waals surface area contributed by atoms with Crippen LogP contribution in [0, 0.1) is 6.92 Å². The second-order valence-corrected chi connectivity index (χ2v) is 7.25. The summed E-state index contributed by atoms with van der Waals surface area (Å²) >= 11 is 0. The molecule has 0 saturated heterocycles. The number of hydrogen-bond acceptors (Lipinski definition) is 5. The van der Waals surface area contributed by atoms with Crippen LogP contribution >= 0.6 is 24.0 Å². The Bertz CT molecular complexity index is 839. The fraction of sp³-hybridized carbons (Fsp3) is 0.571. The largest absolute Gasteiger partial charge is 0.496 e. The maximum absolute atomic E-state index is 5.42. The highest BCUT2D eigenvalue weighted by Crippen LogP contribution is 2.19. The van der Waals surface area contributed by atoms with E-state index in [1.54, 1.807) is 14.2 Å². The Labute approximate surface area is 195 Å². The maximum Gasteiger partial charge on any atom is 0.191 e. The van der Waals surface area contributed by atoms with Crippen LogP contribution in [0.15, 0.2) is 23.2 Å². The molecule has 1 aromatic carbocycles. The van der Waals surface area contributed by atoms with Crippen LogP contribution < -0.4 is 15.4 Å². The van der Waals surface area contributed by atoms with E-state index in [0.717, 1.165) is 61.3 Å². The Morgan fingerprint density at radius 2 is 2.17 bits per heavy atom. The number of hydrogen-bond donors (Lipinski definition) is 2. The van der Waals surface area contributed by atoms with Crippen molar-refractivity contribution >= 4 is 29.9 Å². The highest BCUT2D eigenvalue weighted by Gasteiger charge is 2.22. The van der Waals surface area contributed by atoms with E-state index in [1.165, 1.54) is 5.56 Å². The van der Waals surface area contributed by atoms with Crippen molar-refractivity contribution in [1.29, 1.82) is 0 Å². The van der Waals surface area contributed by atoms with Gasteiger partial charge in [0.05, 0.1) is 13.7 Å². The lowest BCUT2D eigenvalue weighted by Gasteiger charge is -2.25. The van der Waals surface area contributed by atoms with E-state index in [0.29, 0.717) is 13.2 Å². The summed E-state index contributed by atoms with van der Waals surface area (Å²) in [6.07, 6.45) is 2.77. The minimum atomic E-state index is 0. The molecule has 30 heavy (non-hydrogen) atoms. The zero-order chi connectivity index (χ0) is 20.6. The number of methoxy groups -OCH3 is 2. The van der Waals surface area contributed by atoms with Crippen molar-refractivity contribution in [3.8, 4) is 5.75 Å². The SMILES string of the molecule is CCNC(=NCCc1ccc(C)c(OC)c1)NC1CCc2nc(COC)nn2C1.I. The Morgan fingerprint density at radius 3 is 2.90 bits per heavy atom. The van der Waals surface area contributed by atoms with Crippen molar-refractivity contribution in [1.82, 2.24) is 25.4 Å². The summed E-state index contributed by atoms with van der Waals surface area (Å²) in [5, 5.41) is 11.4. The second kappa shape index (κ2) is 12.1. The minimum absolute atomic E-state index is 0. The number of fused-ring (bicyclic) bond motifs is 1. The van der Waals surface area contributed by atoms with E-state index in [-0.39, 0.29) is 30.0 Å². The first kappa shape index (κ1) is 24.4. The van der Waals surface area contributed by atoms with Gasteiger partial charge in [0.25, 0.3) is 0 Å². The van der Waals surface area contributed by atoms with Crippen molar-refractivity contribution in [3.63, 3.8) is 0 Å². The lowest BCUT2D eigenvalue weighted by Crippen LogP contribution is -2.47. The molecule has 2 aromatic rings. The van der Waals surface area contributed by atoms with Crippen LogP contribution in [0.25, 0.3) is 0 Å². The molecule has 8 nitrogen and oxygen atoms in total. The average molecular weight is 528 g/mol. The third-order valence-corrected chi connectivity index (χ3v) is 5.00. The molecule has 1 aliphatic rings. The van der Waals surface area contributed by atoms with Gasteiger partial charge in [-0.05, 0) is 43.9 Å². The standard InChI is InChI=1S/C21H32N6O2.HI/c1-5-22-21(23-11-10-16-7-6-15(2)18(12-16)29-4)24-17-8-9-20-25-19(14-28-3)26-27(20)13-17;/h6-7,12,17H,5,8-11,13-14H2,1-4H3,(H2,22,23,24);1H. The van der Waals surface area contributed by atoms with Crippen LogP contribution in [0.5, 0.6) is 5.75 Å². The molecule has 3 rings (SSSR count). The second-order valence-electron chi connectivity index (χ2n) is 7.25. The molecule has 0 fully saturated rings. The quantitative estimate of drug-likeness (QED) is 0.311. The molecule has 0 aliphatic carbocycles. The highest BCUT2D eigenvalue weighted by atomic mass is 127. The van der Waals surface area contributed by atoms with Crippen molar-refractivity contribution in [2.75, 3.05) is 27.3 Å². The van der Waals surface area contributed by atoms with Crippen LogP contribution in [0.4, 0.5) is 0 Å². The number of halogens is 1. The van der Waals surface area contributed by atoms with Gasteiger partial charge in [-0.1, -0.05) is 12.1 Å². The van der Waals surface area contributed by atoms with Crippen LogP contribution in [0.1, 0.15) is 36.1 Å². The third kappa shape index (κ3) is 6.56. The number of benzene rings is 1. The number of nitrogens with zero attached hydrogens (tertiary/aromatic N) is 4. The van der Waals surface area contributed by atoms with Crippen molar-refractivity contribution in [2.24, 2.45) is 4.99 Å². The van der Waals surface area contributed by atoms with Crippen LogP contribution in [-0.4, -0.2) is 54.1 Å². The van der Waals surface area contributed by atoms with Gasteiger partial charge in [0.2, 0.25) is 0 Å². The maximum atomic E-state index is 5.42. The zero-order valence-electron chi connectivity index (χ0n) is 18.3. The summed E-state index contributed by atoms with van der Waals surface area (Å²) in [6, 6.07) is 6.60. The van der Waals surface area contributed by atoms with E-state index < -0.39 is 0 Å². The zero-order valence-corrected chi connectivity index (χ0v) is 20.6. The number of rotatable bonds is 8. The molecular weight excluding hydrogens is 495 g/mol. The summed E-state index contributed by atoms with van der Waals surface area (Å²) in [6.45, 7) is 6.90. The normalized spacial score (nSPS) is 15.9. The van der Waals surface area contributed by atoms with Crippen molar-refractivity contribution in [2.45, 2.75) is 52.3 Å². The van der Waals surface area contributed by atoms with Gasteiger partial charge in [-0.15, -0.1) is 24.0 Å². The number of guanidine groups is 1. The molecule has 166 valence electrons. The first-order valence-corrected chi connectivity index (χ1v) is 10.2. The Hall–Kier alpha value is -1.88. The highest BCUT2D eigenvalue weighted by molar-refractivity contribution is 14.0. The first-order chi connectivity index (χ1) is 14.1. The summed E-state index contributed by atoms with van der Waals surface area (Å²) in [7, 11) is 3.37. The third-order valence-electron chi connectivity index (χ3n) is 5.00. The van der Waals surface area contributed by atoms with Gasteiger partial charge in [0, 0.05) is 32.7 Å². The fourth-order valence-corrected chi connectivity index (χ4v) is 3.50. The molecule has 0 bridgehead atoms. The molecule has 1 atom stereocenters. The number of nitrogens with one attached hydrogen (secondary N) is 2. The molecule has 0 saturated carbocycles. The summed E-state index contributed by atoms with van der Waals surface area (Å²) in [4.78, 5) is 9.30. The molecule has 0 spiro atoms. The van der Waals surface area contributed by atoms with Gasteiger partial charge < -0.3 is 20.1 Å². The topological polar surface area (TPSA) is 85.6 Å². The summed E-state index contributed by atoms with van der Waals surface area (Å²) in [5.74, 6) is 3.55. The lowest BCUT2D eigenvalue weighted by molar-refractivity contribution is 0.177. The number of aromatic nitrogens is 3. The number of aliphatic imine (C=N–C) groups is 1. The molecule has 1 unspecified atom stereocenters. The van der Waals surface area contributed by atoms with Gasteiger partial charge in [-0.2, -0.15) is 5.10 Å². The Morgan fingerprint density at radius 1 is 1.33 bits per heavy atom. The van der Waals surface area contributed by atoms with Crippen LogP contribution in [-0.2, 0) is 30.7 Å². The van der Waals surface area contributed by atoms with E-state index in [2.05, 4.69) is 52.8 Å². The summed E-state index contributed by atoms with van der Waals surface area (Å²) < 4.78 is 12.5. The molecule has 0 amide bonds. The Balaban J connectivity index is 0.00000320. The molecule has 1 aromatic heterocycles. The predicted octanol–water partition coefficient (Wildman–Crippen LogP) is 2.47. The average Bonchev–Trinajstić information content (AvgIpc) is 3.11. The monoisotopic (exact) mass is 528 g/mol. The van der Waals surface area contributed by atoms with Crippen LogP contribution in [0.3, 0.4) is 0 Å². The molecule has 0 radical (unpaired) electrons. The van der Waals surface area contributed by atoms with E-state index >= 15 is 0 Å². The number of ether oxygens (including phenoxy) is 2. The fourth-order valence-electron chi connectivity index (χ4n) is 3.50. The summed E-state index contributed by atoms with van der Waals surface area (Å²) in [5.41, 5.74) is 2.37. The smallest absolute Gasteiger partial charge is 0.191 e. The lowest BCUT2D eigenvalue weighted by atomic mass is 10.1. The Kier molecular flexibility index (Phi) is 9.83. The van der Waals surface area contributed by atoms with Crippen LogP contribution in [0.2, 0.25) is 0 Å². The predicted molar refractivity (Wildman–Crippen MR) is 129 cm³/mol. The van der Waals surface area contributed by atoms with Gasteiger partial charge in [-0.25, -0.2) is 9.67 Å². The minimum Gasteiger partial charge on any atom is -0.496 e. The molecule has 1 aliphatic heterocycles. The molecule has 2 N–H and O–H groups in total. The van der Waals surface area contributed by atoms with Crippen molar-refractivity contribution < 1.29 is 9.47 Å². The molecule has 9 heteroatoms. The van der Waals surface area contributed by atoms with Crippen molar-refractivity contribution in [3.05, 3.63) is 41.0 Å². The first-order valence-electron chi connectivity index (χ1n) is 10.2. The number of aryl methyl sites for hydroxylation is 2. The molecule has 2 heterocycles. The molecular formula is C21H33IN6O2. The van der Waals surface area contributed by atoms with Gasteiger partial charge in [-0.3, -0.25) is 4.99 Å². The van der Waals surface area contributed by atoms with Gasteiger partial charge in [0.1, 0.15) is 18.2 Å². The van der Waals surface area contributed by atoms with Gasteiger partial charge >= 0.3 is 0 Å². The van der Waals surface area contributed by atoms with E-state index in [4.69, 9.17) is 14.5 Å². The van der Waals surface area contributed by atoms with Gasteiger partial charge in [0.15, 0.2) is 11.8 Å². The van der Waals surface area contributed by atoms with E-state index in [1.807, 2.05) is 4.68 Å².